The van der Waals surface area contributed by atoms with Crippen LogP contribution in [0.25, 0.3) is 0 Å². The Hall–Kier alpha value is -2.87. The Morgan fingerprint density at radius 2 is 1.29 bits per heavy atom. The Bertz CT molecular complexity index is 1300. The monoisotopic (exact) mass is 575 g/mol. The van der Waals surface area contributed by atoms with Gasteiger partial charge in [-0.2, -0.15) is 0 Å². The van der Waals surface area contributed by atoms with E-state index in [2.05, 4.69) is 31.9 Å². The Kier molecular flexibility index (Phi) is 8.26. The predicted molar refractivity (Wildman–Crippen MR) is 146 cm³/mol. The van der Waals surface area contributed by atoms with Gasteiger partial charge in [0.15, 0.2) is 0 Å². The largest absolute Gasteiger partial charge is 0.326 e. The molecular formula is C26H24BrCl2N3O3. The summed E-state index contributed by atoms with van der Waals surface area (Å²) in [5.74, 6) is -1.11. The summed E-state index contributed by atoms with van der Waals surface area (Å²) in [5.41, 5.74) is 1.83. The molecule has 0 aliphatic rings. The molecule has 0 saturated heterocycles. The first-order valence-corrected chi connectivity index (χ1v) is 12.2. The lowest BCUT2D eigenvalue weighted by Crippen LogP contribution is -2.27. The van der Waals surface area contributed by atoms with Gasteiger partial charge in [-0.3, -0.25) is 14.4 Å². The molecule has 3 aromatic rings. The van der Waals surface area contributed by atoms with Gasteiger partial charge in [0.25, 0.3) is 11.8 Å². The summed E-state index contributed by atoms with van der Waals surface area (Å²) in [6.45, 7) is 7.13. The third kappa shape index (κ3) is 6.84. The Labute approximate surface area is 222 Å². The SMILES string of the molecule is Cc1cc(NC(=O)C(C)(C)C)cc(C(=O)Nc2ccc(Cl)c(C(=O)Nc3ccc(Br)cc3)c2)c1Cl. The molecule has 0 aliphatic heterocycles. The van der Waals surface area contributed by atoms with Crippen LogP contribution in [0.4, 0.5) is 17.1 Å². The van der Waals surface area contributed by atoms with Crippen LogP contribution in [0.15, 0.2) is 59.1 Å². The molecule has 182 valence electrons. The second kappa shape index (κ2) is 10.8. The van der Waals surface area contributed by atoms with Gasteiger partial charge in [0, 0.05) is 26.9 Å². The molecule has 3 rings (SSSR count). The maximum absolute atomic E-state index is 13.1. The minimum Gasteiger partial charge on any atom is -0.326 e. The van der Waals surface area contributed by atoms with Gasteiger partial charge in [-0.1, -0.05) is 59.9 Å². The van der Waals surface area contributed by atoms with Crippen molar-refractivity contribution >= 4 is 73.9 Å². The number of benzene rings is 3. The molecule has 0 atom stereocenters. The van der Waals surface area contributed by atoms with Gasteiger partial charge in [0.05, 0.1) is 21.2 Å². The van der Waals surface area contributed by atoms with Crippen LogP contribution < -0.4 is 16.0 Å². The number of amides is 3. The number of nitrogens with one attached hydrogen (secondary N) is 3. The average Bonchev–Trinajstić information content (AvgIpc) is 2.78. The summed E-state index contributed by atoms with van der Waals surface area (Å²) in [6, 6.07) is 14.9. The minimum atomic E-state index is -0.605. The summed E-state index contributed by atoms with van der Waals surface area (Å²) in [6.07, 6.45) is 0. The highest BCUT2D eigenvalue weighted by atomic mass is 79.9. The Morgan fingerprint density at radius 3 is 1.91 bits per heavy atom. The molecule has 35 heavy (non-hydrogen) atoms. The standard InChI is InChI=1S/C26H24BrCl2N3O3/c1-14-11-18(32-25(35)26(2,3)4)13-20(22(14)29)24(34)31-17-9-10-21(28)19(12-17)23(33)30-16-7-5-15(27)6-8-16/h5-13H,1-4H3,(H,30,33)(H,31,34)(H,32,35). The van der Waals surface area contributed by atoms with Crippen molar-refractivity contribution in [2.45, 2.75) is 27.7 Å². The van der Waals surface area contributed by atoms with Gasteiger partial charge in [0.1, 0.15) is 0 Å². The highest BCUT2D eigenvalue weighted by Crippen LogP contribution is 2.29. The minimum absolute atomic E-state index is 0.187. The van der Waals surface area contributed by atoms with E-state index < -0.39 is 17.2 Å². The lowest BCUT2D eigenvalue weighted by Gasteiger charge is -2.19. The summed E-state index contributed by atoms with van der Waals surface area (Å²) >= 11 is 16.0. The number of hydrogen-bond donors (Lipinski definition) is 3. The van der Waals surface area contributed by atoms with E-state index in [1.54, 1.807) is 64.1 Å². The van der Waals surface area contributed by atoms with E-state index in [0.717, 1.165) is 4.47 Å². The van der Waals surface area contributed by atoms with E-state index in [9.17, 15) is 14.4 Å². The zero-order valence-electron chi connectivity index (χ0n) is 19.6. The molecule has 3 N–H and O–H groups in total. The van der Waals surface area contributed by atoms with Crippen LogP contribution in [0.1, 0.15) is 47.1 Å². The Balaban J connectivity index is 1.83. The second-order valence-corrected chi connectivity index (χ2v) is 10.7. The van der Waals surface area contributed by atoms with Crippen molar-refractivity contribution in [1.82, 2.24) is 0 Å². The number of rotatable bonds is 5. The molecule has 0 heterocycles. The van der Waals surface area contributed by atoms with Crippen molar-refractivity contribution in [1.29, 1.82) is 0 Å². The lowest BCUT2D eigenvalue weighted by atomic mass is 9.95. The van der Waals surface area contributed by atoms with Crippen LogP contribution in [-0.4, -0.2) is 17.7 Å². The first kappa shape index (κ1) is 26.7. The maximum Gasteiger partial charge on any atom is 0.257 e. The van der Waals surface area contributed by atoms with Gasteiger partial charge in [-0.15, -0.1) is 0 Å². The number of carbonyl (C=O) groups is 3. The molecule has 3 amide bonds. The molecule has 3 aromatic carbocycles. The molecule has 0 spiro atoms. The first-order chi connectivity index (χ1) is 16.3. The quantitative estimate of drug-likeness (QED) is 0.293. The van der Waals surface area contributed by atoms with Crippen molar-refractivity contribution < 1.29 is 14.4 Å². The topological polar surface area (TPSA) is 87.3 Å². The van der Waals surface area contributed by atoms with Crippen LogP contribution in [-0.2, 0) is 4.79 Å². The summed E-state index contributed by atoms with van der Waals surface area (Å²) in [5, 5.41) is 8.84. The van der Waals surface area contributed by atoms with E-state index in [1.807, 2.05) is 0 Å². The van der Waals surface area contributed by atoms with E-state index in [4.69, 9.17) is 23.2 Å². The molecule has 0 aliphatic carbocycles. The van der Waals surface area contributed by atoms with Gasteiger partial charge in [0.2, 0.25) is 5.91 Å². The molecule has 0 radical (unpaired) electrons. The van der Waals surface area contributed by atoms with Crippen molar-refractivity contribution in [3.8, 4) is 0 Å². The van der Waals surface area contributed by atoms with Crippen molar-refractivity contribution in [3.63, 3.8) is 0 Å². The molecule has 0 unspecified atom stereocenters. The van der Waals surface area contributed by atoms with E-state index >= 15 is 0 Å². The van der Waals surface area contributed by atoms with Gasteiger partial charge in [-0.25, -0.2) is 0 Å². The summed E-state index contributed by atoms with van der Waals surface area (Å²) in [4.78, 5) is 38.2. The number of anilines is 3. The van der Waals surface area contributed by atoms with Gasteiger partial charge >= 0.3 is 0 Å². The molecule has 9 heteroatoms. The van der Waals surface area contributed by atoms with Crippen molar-refractivity contribution in [3.05, 3.63) is 85.8 Å². The molecule has 0 saturated carbocycles. The van der Waals surface area contributed by atoms with Crippen molar-refractivity contribution in [2.24, 2.45) is 5.41 Å². The number of halogens is 3. The van der Waals surface area contributed by atoms with Crippen LogP contribution in [0.2, 0.25) is 10.0 Å². The van der Waals surface area contributed by atoms with Gasteiger partial charge in [-0.05, 0) is 67.1 Å². The van der Waals surface area contributed by atoms with E-state index in [0.29, 0.717) is 22.6 Å². The summed E-state index contributed by atoms with van der Waals surface area (Å²) < 4.78 is 0.884. The number of carbonyl (C=O) groups excluding carboxylic acids is 3. The van der Waals surface area contributed by atoms with Crippen LogP contribution in [0, 0.1) is 12.3 Å². The fraction of sp³-hybridized carbons (Fsp3) is 0.192. The Morgan fingerprint density at radius 1 is 0.743 bits per heavy atom. The average molecular weight is 577 g/mol. The lowest BCUT2D eigenvalue weighted by molar-refractivity contribution is -0.123. The van der Waals surface area contributed by atoms with E-state index in [1.165, 1.54) is 18.2 Å². The fourth-order valence-corrected chi connectivity index (χ4v) is 3.70. The molecule has 0 aromatic heterocycles. The predicted octanol–water partition coefficient (Wildman–Crippen LogP) is 7.55. The smallest absolute Gasteiger partial charge is 0.257 e. The summed E-state index contributed by atoms with van der Waals surface area (Å²) in [7, 11) is 0. The van der Waals surface area contributed by atoms with E-state index in [-0.39, 0.29) is 27.1 Å². The highest BCUT2D eigenvalue weighted by molar-refractivity contribution is 9.10. The van der Waals surface area contributed by atoms with Crippen LogP contribution >= 0.6 is 39.1 Å². The molecule has 6 nitrogen and oxygen atoms in total. The third-order valence-electron chi connectivity index (χ3n) is 5.01. The molecule has 0 fully saturated rings. The normalized spacial score (nSPS) is 11.1. The van der Waals surface area contributed by atoms with Gasteiger partial charge < -0.3 is 16.0 Å². The maximum atomic E-state index is 13.1. The second-order valence-electron chi connectivity index (χ2n) is 8.97. The van der Waals surface area contributed by atoms with Crippen LogP contribution in [0.5, 0.6) is 0 Å². The number of hydrogen-bond acceptors (Lipinski definition) is 3. The van der Waals surface area contributed by atoms with Crippen molar-refractivity contribution in [2.75, 3.05) is 16.0 Å². The zero-order valence-corrected chi connectivity index (χ0v) is 22.7. The number of aryl methyl sites for hydroxylation is 1. The third-order valence-corrected chi connectivity index (χ3v) is 6.37. The van der Waals surface area contributed by atoms with Crippen LogP contribution in [0.3, 0.4) is 0 Å². The zero-order chi connectivity index (χ0) is 25.9. The fourth-order valence-electron chi connectivity index (χ4n) is 3.03. The highest BCUT2D eigenvalue weighted by Gasteiger charge is 2.23. The molecule has 0 bridgehead atoms. The molecular weight excluding hydrogens is 553 g/mol. The first-order valence-electron chi connectivity index (χ1n) is 10.6.